The highest BCUT2D eigenvalue weighted by atomic mass is 32.2. The molecule has 0 aliphatic heterocycles. The first-order valence-corrected chi connectivity index (χ1v) is 10.1. The summed E-state index contributed by atoms with van der Waals surface area (Å²) in [5.41, 5.74) is 0.462. The molecule has 3 rings (SSSR count). The van der Waals surface area contributed by atoms with Crippen LogP contribution in [0.15, 0.2) is 71.6 Å². The Morgan fingerprint density at radius 3 is 2.43 bits per heavy atom. The lowest BCUT2D eigenvalue weighted by molar-refractivity contribution is 0.101. The summed E-state index contributed by atoms with van der Waals surface area (Å²) >= 11 is 0. The van der Waals surface area contributed by atoms with Gasteiger partial charge in [0, 0.05) is 10.9 Å². The minimum Gasteiger partial charge on any atom is -0.480 e. The van der Waals surface area contributed by atoms with Crippen LogP contribution in [0, 0.1) is 11.8 Å². The molecule has 0 saturated heterocycles. The Labute approximate surface area is 164 Å². The van der Waals surface area contributed by atoms with E-state index in [9.17, 15) is 13.2 Å². The SMILES string of the molecule is CC(=O)c1ccc(S(=O)(=O)NCC#CCOc2cccc3ccccc23)cc1. The molecule has 0 aliphatic rings. The highest BCUT2D eigenvalue weighted by Crippen LogP contribution is 2.24. The van der Waals surface area contributed by atoms with E-state index in [1.807, 2.05) is 42.5 Å². The topological polar surface area (TPSA) is 72.5 Å². The maximum Gasteiger partial charge on any atom is 0.241 e. The Kier molecular flexibility index (Phi) is 6.09. The first kappa shape index (κ1) is 19.6. The molecule has 5 nitrogen and oxygen atoms in total. The van der Waals surface area contributed by atoms with Gasteiger partial charge in [0.2, 0.25) is 10.0 Å². The molecule has 6 heteroatoms. The smallest absolute Gasteiger partial charge is 0.241 e. The van der Waals surface area contributed by atoms with Crippen LogP contribution in [-0.4, -0.2) is 27.4 Å². The maximum absolute atomic E-state index is 12.2. The molecule has 3 aromatic carbocycles. The number of Topliss-reactive ketones (excluding diaryl/α,β-unsaturated/α-hetero) is 1. The van der Waals surface area contributed by atoms with Crippen molar-refractivity contribution in [1.29, 1.82) is 0 Å². The standard InChI is InChI=1S/C22H19NO4S/c1-17(24)18-11-13-20(14-12-18)28(25,26)23-15-4-5-16-27-22-10-6-8-19-7-2-3-9-21(19)22/h2-3,6-14,23H,15-16H2,1H3. The third-order valence-corrected chi connectivity index (χ3v) is 5.51. The lowest BCUT2D eigenvalue weighted by Gasteiger charge is -2.06. The van der Waals surface area contributed by atoms with Gasteiger partial charge in [-0.2, -0.15) is 4.72 Å². The summed E-state index contributed by atoms with van der Waals surface area (Å²) in [7, 11) is -3.68. The number of carbonyl (C=O) groups is 1. The molecule has 0 aromatic heterocycles. The Balaban J connectivity index is 1.55. The third kappa shape index (κ3) is 4.77. The number of nitrogens with one attached hydrogen (secondary N) is 1. The van der Waals surface area contributed by atoms with E-state index in [0.717, 1.165) is 16.5 Å². The van der Waals surface area contributed by atoms with Crippen LogP contribution in [-0.2, 0) is 10.0 Å². The van der Waals surface area contributed by atoms with E-state index in [1.54, 1.807) is 0 Å². The van der Waals surface area contributed by atoms with Crippen molar-refractivity contribution < 1.29 is 17.9 Å². The molecule has 1 N–H and O–H groups in total. The maximum atomic E-state index is 12.2. The van der Waals surface area contributed by atoms with Crippen LogP contribution in [0.3, 0.4) is 0 Å². The Hall–Kier alpha value is -3.14. The van der Waals surface area contributed by atoms with Gasteiger partial charge < -0.3 is 4.74 Å². The van der Waals surface area contributed by atoms with Crippen molar-refractivity contribution in [2.45, 2.75) is 11.8 Å². The predicted molar refractivity (Wildman–Crippen MR) is 109 cm³/mol. The van der Waals surface area contributed by atoms with Crippen LogP contribution < -0.4 is 9.46 Å². The van der Waals surface area contributed by atoms with Gasteiger partial charge in [-0.25, -0.2) is 8.42 Å². The lowest BCUT2D eigenvalue weighted by Crippen LogP contribution is -2.24. The highest BCUT2D eigenvalue weighted by Gasteiger charge is 2.13. The first-order chi connectivity index (χ1) is 13.5. The summed E-state index contributed by atoms with van der Waals surface area (Å²) in [4.78, 5) is 11.3. The number of ether oxygens (including phenoxy) is 1. The monoisotopic (exact) mass is 393 g/mol. The fraction of sp³-hybridized carbons (Fsp3) is 0.136. The second-order valence-corrected chi connectivity index (χ2v) is 7.79. The second kappa shape index (κ2) is 8.70. The molecule has 0 spiro atoms. The second-order valence-electron chi connectivity index (χ2n) is 6.02. The summed E-state index contributed by atoms with van der Waals surface area (Å²) < 4.78 is 32.5. The summed E-state index contributed by atoms with van der Waals surface area (Å²) in [6, 6.07) is 19.5. The molecule has 0 amide bonds. The Bertz CT molecular complexity index is 1150. The number of benzene rings is 3. The Morgan fingerprint density at radius 1 is 0.964 bits per heavy atom. The Morgan fingerprint density at radius 2 is 1.68 bits per heavy atom. The molecule has 0 unspecified atom stereocenters. The molecule has 142 valence electrons. The van der Waals surface area contributed by atoms with Crippen LogP contribution >= 0.6 is 0 Å². The van der Waals surface area contributed by atoms with Crippen molar-refractivity contribution in [3.63, 3.8) is 0 Å². The normalized spacial score (nSPS) is 10.9. The third-order valence-electron chi connectivity index (χ3n) is 4.10. The van der Waals surface area contributed by atoms with Crippen LogP contribution in [0.1, 0.15) is 17.3 Å². The zero-order chi connectivity index (χ0) is 20.0. The van der Waals surface area contributed by atoms with Gasteiger partial charge in [-0.3, -0.25) is 4.79 Å². The number of sulfonamides is 1. The van der Waals surface area contributed by atoms with Gasteiger partial charge in [-0.15, -0.1) is 0 Å². The fourth-order valence-corrected chi connectivity index (χ4v) is 3.56. The molecule has 0 saturated carbocycles. The number of carbonyl (C=O) groups excluding carboxylic acids is 1. The van der Waals surface area contributed by atoms with Gasteiger partial charge >= 0.3 is 0 Å². The number of hydrogen-bond acceptors (Lipinski definition) is 4. The molecule has 0 aliphatic carbocycles. The van der Waals surface area contributed by atoms with E-state index in [1.165, 1.54) is 31.2 Å². The van der Waals surface area contributed by atoms with E-state index in [-0.39, 0.29) is 23.8 Å². The zero-order valence-electron chi connectivity index (χ0n) is 15.3. The van der Waals surface area contributed by atoms with Crippen molar-refractivity contribution in [2.24, 2.45) is 0 Å². The van der Waals surface area contributed by atoms with Crippen molar-refractivity contribution in [1.82, 2.24) is 4.72 Å². The zero-order valence-corrected chi connectivity index (χ0v) is 16.1. The van der Waals surface area contributed by atoms with E-state index >= 15 is 0 Å². The molecular weight excluding hydrogens is 374 g/mol. The summed E-state index contributed by atoms with van der Waals surface area (Å²) in [6.07, 6.45) is 0. The van der Waals surface area contributed by atoms with Gasteiger partial charge in [-0.1, -0.05) is 60.4 Å². The largest absolute Gasteiger partial charge is 0.480 e. The molecule has 28 heavy (non-hydrogen) atoms. The van der Waals surface area contributed by atoms with E-state index < -0.39 is 10.0 Å². The molecule has 0 heterocycles. The number of hydrogen-bond donors (Lipinski definition) is 1. The van der Waals surface area contributed by atoms with Gasteiger partial charge in [0.05, 0.1) is 11.4 Å². The lowest BCUT2D eigenvalue weighted by atomic mass is 10.1. The van der Waals surface area contributed by atoms with Crippen molar-refractivity contribution in [2.75, 3.05) is 13.2 Å². The average Bonchev–Trinajstić information content (AvgIpc) is 2.70. The van der Waals surface area contributed by atoms with Crippen LogP contribution in [0.2, 0.25) is 0 Å². The molecule has 0 bridgehead atoms. The van der Waals surface area contributed by atoms with Gasteiger partial charge in [0.25, 0.3) is 0 Å². The molecule has 3 aromatic rings. The molecular formula is C22H19NO4S. The van der Waals surface area contributed by atoms with Gasteiger partial charge in [-0.05, 0) is 30.5 Å². The van der Waals surface area contributed by atoms with Crippen LogP contribution in [0.25, 0.3) is 10.8 Å². The minimum absolute atomic E-state index is 0.0321. The van der Waals surface area contributed by atoms with Crippen LogP contribution in [0.5, 0.6) is 5.75 Å². The molecule has 0 atom stereocenters. The fourth-order valence-electron chi connectivity index (χ4n) is 2.63. The first-order valence-electron chi connectivity index (χ1n) is 8.64. The van der Waals surface area contributed by atoms with Gasteiger partial charge in [0.1, 0.15) is 12.4 Å². The molecule has 0 fully saturated rings. The number of fused-ring (bicyclic) bond motifs is 1. The highest BCUT2D eigenvalue weighted by molar-refractivity contribution is 7.89. The quantitative estimate of drug-likeness (QED) is 0.515. The summed E-state index contributed by atoms with van der Waals surface area (Å²) in [5, 5.41) is 2.08. The summed E-state index contributed by atoms with van der Waals surface area (Å²) in [5.74, 6) is 6.16. The van der Waals surface area contributed by atoms with Crippen molar-refractivity contribution >= 4 is 26.6 Å². The predicted octanol–water partition coefficient (Wildman–Crippen LogP) is 3.40. The van der Waals surface area contributed by atoms with Crippen LogP contribution in [0.4, 0.5) is 0 Å². The van der Waals surface area contributed by atoms with E-state index in [0.29, 0.717) is 5.56 Å². The number of rotatable bonds is 6. The van der Waals surface area contributed by atoms with E-state index in [2.05, 4.69) is 16.6 Å². The van der Waals surface area contributed by atoms with E-state index in [4.69, 9.17) is 4.74 Å². The van der Waals surface area contributed by atoms with Gasteiger partial charge in [0.15, 0.2) is 5.78 Å². The summed E-state index contributed by atoms with van der Waals surface area (Å²) in [6.45, 7) is 1.55. The van der Waals surface area contributed by atoms with Crippen molar-refractivity contribution in [3.8, 4) is 17.6 Å². The molecule has 0 radical (unpaired) electrons. The minimum atomic E-state index is -3.68. The number of ketones is 1. The van der Waals surface area contributed by atoms with Crippen molar-refractivity contribution in [3.05, 3.63) is 72.3 Å². The average molecular weight is 393 g/mol.